The number of hydrogen-bond donors (Lipinski definition) is 2. The van der Waals surface area contributed by atoms with Crippen molar-refractivity contribution in [1.29, 1.82) is 0 Å². The van der Waals surface area contributed by atoms with Gasteiger partial charge in [0.15, 0.2) is 0 Å². The SMILES string of the molecule is CCC(=O)N[B]NC(=O)CC.CCCCc1cc2c(-c3ccccc3-c3cccc4ccccc34)cccc2[cH-]1.CCCCc1cc2c(-c3ccccc3-c3cccc4ccccc34)cccc2[cH-]1.[Cl][Zr+2][Cl]. The molecule has 10 aromatic rings. The number of aryl methyl sites for hydroxylation is 2. The Morgan fingerprint density at radius 3 is 1.10 bits per heavy atom. The van der Waals surface area contributed by atoms with Crippen molar-refractivity contribution in [2.45, 2.75) is 79.1 Å². The molecule has 0 saturated carbocycles. The third kappa shape index (κ3) is 13.7. The third-order valence-electron chi connectivity index (χ3n) is 13.0. The van der Waals surface area contributed by atoms with Gasteiger partial charge < -0.3 is 10.5 Å². The molecule has 4 nitrogen and oxygen atoms in total. The van der Waals surface area contributed by atoms with Crippen LogP contribution in [0.25, 0.3) is 87.6 Å². The first-order valence-corrected chi connectivity index (χ1v) is 31.5. The Hall–Kier alpha value is -6.03. The van der Waals surface area contributed by atoms with Crippen LogP contribution in [0.15, 0.2) is 194 Å². The Morgan fingerprint density at radius 1 is 0.431 bits per heavy atom. The van der Waals surface area contributed by atoms with E-state index in [0.717, 1.165) is 12.8 Å². The van der Waals surface area contributed by atoms with E-state index in [1.54, 1.807) is 13.8 Å². The zero-order chi connectivity index (χ0) is 50.7. The van der Waals surface area contributed by atoms with Crippen molar-refractivity contribution < 1.29 is 30.4 Å². The van der Waals surface area contributed by atoms with Crippen LogP contribution in [0.2, 0.25) is 0 Å². The summed E-state index contributed by atoms with van der Waals surface area (Å²) in [5.74, 6) is -0.220. The van der Waals surface area contributed by atoms with E-state index in [4.69, 9.17) is 17.0 Å². The molecule has 0 aliphatic heterocycles. The van der Waals surface area contributed by atoms with Gasteiger partial charge in [-0.2, -0.15) is 12.1 Å². The first-order valence-electron chi connectivity index (χ1n) is 25.2. The summed E-state index contributed by atoms with van der Waals surface area (Å²) in [7, 11) is 11.1. The maximum absolute atomic E-state index is 10.6. The second-order valence-electron chi connectivity index (χ2n) is 17.8. The van der Waals surface area contributed by atoms with Crippen LogP contribution in [-0.2, 0) is 43.3 Å². The molecule has 8 heteroatoms. The van der Waals surface area contributed by atoms with Gasteiger partial charge in [0.05, 0.1) is 0 Å². The molecule has 0 heterocycles. The summed E-state index contributed by atoms with van der Waals surface area (Å²) in [6, 6.07) is 71.2. The summed E-state index contributed by atoms with van der Waals surface area (Å²) in [6.45, 7) is 8.00. The number of amides is 2. The van der Waals surface area contributed by atoms with E-state index in [1.807, 2.05) is 0 Å². The van der Waals surface area contributed by atoms with E-state index in [0.29, 0.717) is 12.8 Å². The Labute approximate surface area is 445 Å². The number of benzene rings is 8. The van der Waals surface area contributed by atoms with Gasteiger partial charge in [-0.25, -0.2) is 0 Å². The van der Waals surface area contributed by atoms with Gasteiger partial charge in [-0.3, -0.25) is 9.59 Å². The maximum atomic E-state index is 10.6. The van der Waals surface area contributed by atoms with Crippen LogP contribution in [0.3, 0.4) is 0 Å². The fourth-order valence-corrected chi connectivity index (χ4v) is 9.34. The second-order valence-corrected chi connectivity index (χ2v) is 21.5. The van der Waals surface area contributed by atoms with Gasteiger partial charge >= 0.3 is 45.4 Å². The Kier molecular flexibility index (Phi) is 20.7. The van der Waals surface area contributed by atoms with Crippen molar-refractivity contribution >= 4 is 79.5 Å². The second kappa shape index (κ2) is 27.7. The van der Waals surface area contributed by atoms with Gasteiger partial charge in [-0.05, 0) is 67.8 Å². The third-order valence-corrected chi connectivity index (χ3v) is 13.0. The van der Waals surface area contributed by atoms with E-state index in [1.165, 1.54) is 132 Å². The van der Waals surface area contributed by atoms with Crippen LogP contribution in [-0.4, -0.2) is 19.4 Å². The number of rotatable bonds is 14. The van der Waals surface area contributed by atoms with Crippen LogP contribution in [0, 0.1) is 0 Å². The number of carbonyl (C=O) groups is 2. The van der Waals surface area contributed by atoms with E-state index in [2.05, 4.69) is 218 Å². The summed E-state index contributed by atoms with van der Waals surface area (Å²) in [4.78, 5) is 21.2. The fourth-order valence-electron chi connectivity index (χ4n) is 9.34. The molecular formula is C64H62BCl2N2O2Zr. The van der Waals surface area contributed by atoms with Crippen molar-refractivity contribution in [2.24, 2.45) is 0 Å². The summed E-state index contributed by atoms with van der Waals surface area (Å²) >= 11 is -0.826. The predicted octanol–water partition coefficient (Wildman–Crippen LogP) is 17.7. The predicted molar refractivity (Wildman–Crippen MR) is 307 cm³/mol. The van der Waals surface area contributed by atoms with E-state index in [-0.39, 0.29) is 11.8 Å². The molecule has 10 rings (SSSR count). The molecule has 0 saturated heterocycles. The molecule has 2 amide bonds. The zero-order valence-electron chi connectivity index (χ0n) is 41.8. The summed E-state index contributed by atoms with van der Waals surface area (Å²) in [5.41, 5.74) is 13.4. The molecule has 2 N–H and O–H groups in total. The van der Waals surface area contributed by atoms with Crippen molar-refractivity contribution in [3.8, 4) is 44.5 Å². The number of hydrogen-bond acceptors (Lipinski definition) is 2. The van der Waals surface area contributed by atoms with Gasteiger partial charge in [0.2, 0.25) is 11.8 Å². The molecule has 0 unspecified atom stereocenters. The topological polar surface area (TPSA) is 58.2 Å². The standard InChI is InChI=1S/2C29H25.C6H12BN2O2.2ClH.Zr/c2*1-2-3-10-21-19-23-13-9-18-28(29(23)20-21)27-16-7-6-15-26(27)25-17-8-12-22-11-4-5-14-24(22)25;1-3-5(10)8-7-9-6(11)4-2;;;/h2*4-9,11-20H,2-3,10H2,1H3;3-4H2,1-2H3,(H,8,10)(H,9,11);2*1H;/q2*-1;;;;+4/p-2. The molecule has 0 aromatic heterocycles. The Balaban J connectivity index is 0.000000168. The van der Waals surface area contributed by atoms with Gasteiger partial charge in [0.1, 0.15) is 0 Å². The zero-order valence-corrected chi connectivity index (χ0v) is 45.8. The van der Waals surface area contributed by atoms with Crippen molar-refractivity contribution in [1.82, 2.24) is 10.5 Å². The van der Waals surface area contributed by atoms with Crippen molar-refractivity contribution in [3.05, 3.63) is 205 Å². The summed E-state index contributed by atoms with van der Waals surface area (Å²) in [6.07, 6.45) is 8.12. The van der Waals surface area contributed by atoms with Crippen molar-refractivity contribution in [2.75, 3.05) is 0 Å². The van der Waals surface area contributed by atoms with Crippen LogP contribution >= 0.6 is 17.0 Å². The summed E-state index contributed by atoms with van der Waals surface area (Å²) < 4.78 is 0. The van der Waals surface area contributed by atoms with Crippen LogP contribution in [0.4, 0.5) is 0 Å². The number of unbranched alkanes of at least 4 members (excludes halogenated alkanes) is 2. The number of fused-ring (bicyclic) bond motifs is 4. The number of halogens is 2. The minimum atomic E-state index is -0.826. The average molecular weight is 1060 g/mol. The molecule has 10 aromatic carbocycles. The first kappa shape index (κ1) is 53.8. The van der Waals surface area contributed by atoms with Crippen molar-refractivity contribution in [3.63, 3.8) is 0 Å². The molecule has 0 aliphatic carbocycles. The normalized spacial score (nSPS) is 10.6. The van der Waals surface area contributed by atoms with Crippen LogP contribution in [0.5, 0.6) is 0 Å². The molecule has 0 spiro atoms. The molecule has 72 heavy (non-hydrogen) atoms. The van der Waals surface area contributed by atoms with Crippen LogP contribution < -0.4 is 10.5 Å². The Morgan fingerprint density at radius 2 is 0.736 bits per heavy atom. The molecule has 1 radical (unpaired) electrons. The van der Waals surface area contributed by atoms with Gasteiger partial charge in [0, 0.05) is 12.8 Å². The monoisotopic (exact) mass is 1060 g/mol. The molecule has 0 aliphatic rings. The summed E-state index contributed by atoms with van der Waals surface area (Å²) in [5, 5.41) is 15.4. The minimum absolute atomic E-state index is 0.110. The number of carbonyl (C=O) groups excluding carboxylic acids is 2. The molecule has 0 bridgehead atoms. The van der Waals surface area contributed by atoms with Gasteiger partial charge in [-0.15, -0.1) is 69.1 Å². The Bertz CT molecular complexity index is 3130. The van der Waals surface area contributed by atoms with Crippen LogP contribution in [0.1, 0.15) is 77.3 Å². The number of nitrogens with one attached hydrogen (secondary N) is 2. The van der Waals surface area contributed by atoms with E-state index >= 15 is 0 Å². The molecule has 361 valence electrons. The average Bonchev–Trinajstić information content (AvgIpc) is 4.06. The van der Waals surface area contributed by atoms with Gasteiger partial charge in [0.25, 0.3) is 0 Å². The quantitative estimate of drug-likeness (QED) is 0.0842. The van der Waals surface area contributed by atoms with E-state index in [9.17, 15) is 9.59 Å². The first-order chi connectivity index (χ1) is 35.3. The molecule has 0 atom stereocenters. The fraction of sp³-hybridized carbons (Fsp3) is 0.188. The molecule has 0 fully saturated rings. The van der Waals surface area contributed by atoms with Gasteiger partial charge in [-0.1, -0.05) is 210 Å². The molecular weight excluding hydrogens is 1000 g/mol. The van der Waals surface area contributed by atoms with E-state index < -0.39 is 20.8 Å².